The first-order valence-corrected chi connectivity index (χ1v) is 9.66. The lowest BCUT2D eigenvalue weighted by atomic mass is 10.1. The minimum atomic E-state index is -0.287. The Labute approximate surface area is 153 Å². The first-order valence-electron chi connectivity index (χ1n) is 9.66. The molecular weight excluding hydrogens is 316 g/mol. The van der Waals surface area contributed by atoms with E-state index < -0.39 is 0 Å². The van der Waals surface area contributed by atoms with E-state index >= 15 is 0 Å². The molecule has 0 atom stereocenters. The number of esters is 2. The zero-order valence-corrected chi connectivity index (χ0v) is 16.2. The Bertz CT molecular complexity index is 412. The van der Waals surface area contributed by atoms with Gasteiger partial charge in [0.25, 0.3) is 0 Å². The van der Waals surface area contributed by atoms with Crippen molar-refractivity contribution >= 4 is 11.9 Å². The van der Waals surface area contributed by atoms with Gasteiger partial charge in [-0.25, -0.2) is 9.59 Å². The predicted octanol–water partition coefficient (Wildman–Crippen LogP) is 5.52. The minimum absolute atomic E-state index is 0.253. The summed E-state index contributed by atoms with van der Waals surface area (Å²) in [5.41, 5.74) is 1.01. The molecule has 0 aliphatic rings. The summed E-state index contributed by atoms with van der Waals surface area (Å²) < 4.78 is 10.2. The van der Waals surface area contributed by atoms with Crippen LogP contribution in [-0.2, 0) is 19.1 Å². The van der Waals surface area contributed by atoms with Crippen molar-refractivity contribution in [3.05, 3.63) is 24.3 Å². The number of carbonyl (C=O) groups excluding carboxylic acids is 2. The third kappa shape index (κ3) is 14.5. The van der Waals surface area contributed by atoms with Crippen LogP contribution in [0.15, 0.2) is 24.3 Å². The fourth-order valence-corrected chi connectivity index (χ4v) is 2.32. The van der Waals surface area contributed by atoms with Crippen molar-refractivity contribution in [3.8, 4) is 0 Å². The molecule has 0 aliphatic heterocycles. The molecule has 4 nitrogen and oxygen atoms in total. The third-order valence-electron chi connectivity index (χ3n) is 4.07. The van der Waals surface area contributed by atoms with Crippen LogP contribution in [0.1, 0.15) is 84.5 Å². The highest BCUT2D eigenvalue weighted by Gasteiger charge is 2.05. The fourth-order valence-electron chi connectivity index (χ4n) is 2.32. The minimum Gasteiger partial charge on any atom is -0.462 e. The van der Waals surface area contributed by atoms with Gasteiger partial charge in [-0.3, -0.25) is 0 Å². The Morgan fingerprint density at radius 3 is 1.40 bits per heavy atom. The molecule has 144 valence electrons. The van der Waals surface area contributed by atoms with Gasteiger partial charge in [0.2, 0.25) is 0 Å². The molecule has 0 aliphatic carbocycles. The van der Waals surface area contributed by atoms with Crippen molar-refractivity contribution in [2.24, 2.45) is 0 Å². The van der Waals surface area contributed by atoms with Crippen LogP contribution in [0.25, 0.3) is 0 Å². The normalized spacial score (nSPS) is 10.3. The van der Waals surface area contributed by atoms with E-state index in [2.05, 4.69) is 13.2 Å². The lowest BCUT2D eigenvalue weighted by Gasteiger charge is -2.06. The van der Waals surface area contributed by atoms with Gasteiger partial charge in [-0.05, 0) is 26.2 Å². The molecule has 0 aromatic heterocycles. The van der Waals surface area contributed by atoms with E-state index in [1.807, 2.05) is 6.92 Å². The number of unbranched alkanes of at least 4 members (excludes halogenated alkanes) is 9. The number of carbonyl (C=O) groups is 2. The first kappa shape index (κ1) is 23.4. The number of hydrogen-bond acceptors (Lipinski definition) is 4. The number of rotatable bonds is 16. The van der Waals surface area contributed by atoms with E-state index in [0.717, 1.165) is 25.7 Å². The van der Waals surface area contributed by atoms with Gasteiger partial charge in [-0.1, -0.05) is 71.4 Å². The van der Waals surface area contributed by atoms with Crippen molar-refractivity contribution in [2.75, 3.05) is 13.2 Å². The fraction of sp³-hybridized carbons (Fsp3) is 0.714. The van der Waals surface area contributed by atoms with Crippen molar-refractivity contribution in [2.45, 2.75) is 84.5 Å². The topological polar surface area (TPSA) is 52.6 Å². The lowest BCUT2D eigenvalue weighted by Crippen LogP contribution is -2.07. The van der Waals surface area contributed by atoms with E-state index in [1.165, 1.54) is 38.5 Å². The lowest BCUT2D eigenvalue weighted by molar-refractivity contribution is -0.140. The van der Waals surface area contributed by atoms with E-state index in [9.17, 15) is 9.59 Å². The maximum Gasteiger partial charge on any atom is 0.333 e. The Balaban J connectivity index is 3.22. The standard InChI is InChI=1S/C21H36O4/c1-5-19(4)21(23)25-17-15-13-11-9-7-6-8-10-12-14-16-24-20(22)18(2)3/h2,4-17H2,1,3H3. The molecule has 0 spiro atoms. The van der Waals surface area contributed by atoms with Crippen molar-refractivity contribution in [1.29, 1.82) is 0 Å². The molecule has 0 amide bonds. The Hall–Kier alpha value is -1.58. The Morgan fingerprint density at radius 1 is 0.680 bits per heavy atom. The molecule has 0 bridgehead atoms. The second-order valence-electron chi connectivity index (χ2n) is 6.54. The quantitative estimate of drug-likeness (QED) is 0.209. The SMILES string of the molecule is C=C(C)C(=O)OCCCCCCCCCCCCOC(=O)C(=C)CC. The highest BCUT2D eigenvalue weighted by Crippen LogP contribution is 2.11. The maximum absolute atomic E-state index is 11.4. The molecule has 0 saturated heterocycles. The van der Waals surface area contributed by atoms with Crippen LogP contribution in [0, 0.1) is 0 Å². The van der Waals surface area contributed by atoms with Gasteiger partial charge in [0.05, 0.1) is 13.2 Å². The van der Waals surface area contributed by atoms with E-state index in [-0.39, 0.29) is 11.9 Å². The smallest absolute Gasteiger partial charge is 0.333 e. The van der Waals surface area contributed by atoms with Gasteiger partial charge >= 0.3 is 11.9 Å². The molecule has 0 radical (unpaired) electrons. The van der Waals surface area contributed by atoms with E-state index in [1.54, 1.807) is 6.92 Å². The number of hydrogen-bond donors (Lipinski definition) is 0. The summed E-state index contributed by atoms with van der Waals surface area (Å²) in [6.07, 6.45) is 12.1. The first-order chi connectivity index (χ1) is 12.0. The zero-order valence-electron chi connectivity index (χ0n) is 16.2. The van der Waals surface area contributed by atoms with Crippen LogP contribution in [0.5, 0.6) is 0 Å². The van der Waals surface area contributed by atoms with Gasteiger partial charge in [0, 0.05) is 11.1 Å². The van der Waals surface area contributed by atoms with Crippen LogP contribution in [0.4, 0.5) is 0 Å². The summed E-state index contributed by atoms with van der Waals surface area (Å²) >= 11 is 0. The molecule has 0 rings (SSSR count). The molecule has 0 N–H and O–H groups in total. The average Bonchev–Trinajstić information content (AvgIpc) is 2.60. The van der Waals surface area contributed by atoms with Gasteiger partial charge in [-0.15, -0.1) is 0 Å². The molecule has 0 aromatic rings. The maximum atomic E-state index is 11.4. The second kappa shape index (κ2) is 15.9. The van der Waals surface area contributed by atoms with Crippen molar-refractivity contribution in [3.63, 3.8) is 0 Å². The highest BCUT2D eigenvalue weighted by atomic mass is 16.5. The Kier molecular flexibility index (Phi) is 14.9. The molecular formula is C21H36O4. The number of ether oxygens (including phenoxy) is 2. The van der Waals surface area contributed by atoms with E-state index in [4.69, 9.17) is 9.47 Å². The second-order valence-corrected chi connectivity index (χ2v) is 6.54. The summed E-state index contributed by atoms with van der Waals surface area (Å²) in [6, 6.07) is 0. The van der Waals surface area contributed by atoms with Crippen LogP contribution < -0.4 is 0 Å². The summed E-state index contributed by atoms with van der Waals surface area (Å²) in [5.74, 6) is -0.540. The molecule has 0 unspecified atom stereocenters. The van der Waals surface area contributed by atoms with Crippen LogP contribution in [0.2, 0.25) is 0 Å². The van der Waals surface area contributed by atoms with Crippen molar-refractivity contribution < 1.29 is 19.1 Å². The largest absolute Gasteiger partial charge is 0.462 e. The zero-order chi connectivity index (χ0) is 18.9. The molecule has 4 heteroatoms. The third-order valence-corrected chi connectivity index (χ3v) is 4.07. The molecule has 0 saturated carbocycles. The van der Waals surface area contributed by atoms with Crippen LogP contribution in [-0.4, -0.2) is 25.2 Å². The summed E-state index contributed by atoms with van der Waals surface area (Å²) in [7, 11) is 0. The summed E-state index contributed by atoms with van der Waals surface area (Å²) in [4.78, 5) is 22.6. The van der Waals surface area contributed by atoms with Gasteiger partial charge < -0.3 is 9.47 Å². The van der Waals surface area contributed by atoms with Gasteiger partial charge in [-0.2, -0.15) is 0 Å². The van der Waals surface area contributed by atoms with Gasteiger partial charge in [0.15, 0.2) is 0 Å². The molecule has 0 fully saturated rings. The average molecular weight is 353 g/mol. The van der Waals surface area contributed by atoms with Gasteiger partial charge in [0.1, 0.15) is 0 Å². The van der Waals surface area contributed by atoms with Crippen molar-refractivity contribution in [1.82, 2.24) is 0 Å². The Morgan fingerprint density at radius 2 is 1.04 bits per heavy atom. The summed E-state index contributed by atoms with van der Waals surface area (Å²) in [6.45, 7) is 11.8. The predicted molar refractivity (Wildman–Crippen MR) is 102 cm³/mol. The monoisotopic (exact) mass is 352 g/mol. The molecule has 25 heavy (non-hydrogen) atoms. The van der Waals surface area contributed by atoms with Crippen LogP contribution in [0.3, 0.4) is 0 Å². The van der Waals surface area contributed by atoms with Crippen LogP contribution >= 0.6 is 0 Å². The highest BCUT2D eigenvalue weighted by molar-refractivity contribution is 5.87. The molecule has 0 heterocycles. The van der Waals surface area contributed by atoms with E-state index in [0.29, 0.717) is 30.8 Å². The summed E-state index contributed by atoms with van der Waals surface area (Å²) in [5, 5.41) is 0. The molecule has 0 aromatic carbocycles.